The first-order valence-corrected chi connectivity index (χ1v) is 9.61. The van der Waals surface area contributed by atoms with Crippen LogP contribution in [0.2, 0.25) is 0 Å². The largest absolute Gasteiger partial charge is 0.396 e. The molecule has 3 heteroatoms. The molecule has 2 aromatic rings. The van der Waals surface area contributed by atoms with E-state index in [4.69, 9.17) is 0 Å². The van der Waals surface area contributed by atoms with Crippen LogP contribution in [0.4, 0.5) is 0 Å². The van der Waals surface area contributed by atoms with Crippen molar-refractivity contribution in [3.63, 3.8) is 0 Å². The fourth-order valence-corrected chi connectivity index (χ4v) is 5.04. The van der Waals surface area contributed by atoms with E-state index in [1.807, 2.05) is 11.8 Å². The molecule has 0 spiro atoms. The monoisotopic (exact) mass is 337 g/mol. The zero-order valence-electron chi connectivity index (χ0n) is 13.8. The van der Waals surface area contributed by atoms with E-state index in [0.29, 0.717) is 5.92 Å². The smallest absolute Gasteiger partial charge is 0.0431 e. The Labute approximate surface area is 148 Å². The molecule has 1 unspecified atom stereocenters. The van der Waals surface area contributed by atoms with Gasteiger partial charge >= 0.3 is 0 Å². The fourth-order valence-electron chi connectivity index (χ4n) is 3.92. The molecule has 2 N–H and O–H groups in total. The van der Waals surface area contributed by atoms with Crippen LogP contribution in [0.5, 0.6) is 0 Å². The second-order valence-electron chi connectivity index (χ2n) is 6.50. The maximum Gasteiger partial charge on any atom is 0.0431 e. The molecule has 4 rings (SSSR count). The molecule has 0 radical (unpaired) electrons. The summed E-state index contributed by atoms with van der Waals surface area (Å²) >= 11 is 1.89. The van der Waals surface area contributed by atoms with Gasteiger partial charge in [-0.25, -0.2) is 0 Å². The molecule has 2 aromatic carbocycles. The lowest BCUT2D eigenvalue weighted by atomic mass is 9.83. The van der Waals surface area contributed by atoms with Gasteiger partial charge in [-0.15, -0.1) is 0 Å². The predicted octanol–water partition coefficient (Wildman–Crippen LogP) is 4.44. The van der Waals surface area contributed by atoms with Crippen LogP contribution < -0.4 is 5.32 Å². The lowest BCUT2D eigenvalue weighted by Crippen LogP contribution is -2.22. The number of hydrogen-bond acceptors (Lipinski definition) is 3. The van der Waals surface area contributed by atoms with Gasteiger partial charge in [-0.2, -0.15) is 0 Å². The highest BCUT2D eigenvalue weighted by molar-refractivity contribution is 7.99. The van der Waals surface area contributed by atoms with Crippen LogP contribution in [0.15, 0.2) is 58.3 Å². The van der Waals surface area contributed by atoms with Crippen molar-refractivity contribution in [3.8, 4) is 0 Å². The SMILES string of the molecule is OCCCC1CNCCC2=C1c1ccccc1Sc1ccccc12. The summed E-state index contributed by atoms with van der Waals surface area (Å²) in [7, 11) is 0. The van der Waals surface area contributed by atoms with Crippen LogP contribution in [-0.2, 0) is 0 Å². The van der Waals surface area contributed by atoms with E-state index >= 15 is 0 Å². The van der Waals surface area contributed by atoms with Gasteiger partial charge in [-0.3, -0.25) is 0 Å². The Morgan fingerprint density at radius 2 is 1.71 bits per heavy atom. The molecule has 2 aliphatic rings. The van der Waals surface area contributed by atoms with Gasteiger partial charge in [0.1, 0.15) is 0 Å². The van der Waals surface area contributed by atoms with Crippen molar-refractivity contribution in [1.29, 1.82) is 0 Å². The van der Waals surface area contributed by atoms with E-state index in [1.165, 1.54) is 32.1 Å². The molecule has 2 nitrogen and oxygen atoms in total. The van der Waals surface area contributed by atoms with Gasteiger partial charge in [0.15, 0.2) is 0 Å². The third-order valence-corrected chi connectivity index (χ3v) is 6.15. The van der Waals surface area contributed by atoms with Gasteiger partial charge in [0.05, 0.1) is 0 Å². The molecule has 0 bridgehead atoms. The number of hydrogen-bond donors (Lipinski definition) is 2. The Hall–Kier alpha value is -1.55. The molecule has 0 amide bonds. The molecule has 0 aromatic heterocycles. The summed E-state index contributed by atoms with van der Waals surface area (Å²) in [6.45, 7) is 2.29. The van der Waals surface area contributed by atoms with Crippen LogP contribution in [0, 0.1) is 5.92 Å². The minimum Gasteiger partial charge on any atom is -0.396 e. The molecule has 0 fully saturated rings. The molecular formula is C21H23NOS. The first-order chi connectivity index (χ1) is 11.9. The predicted molar refractivity (Wildman–Crippen MR) is 101 cm³/mol. The van der Waals surface area contributed by atoms with Crippen LogP contribution in [-0.4, -0.2) is 24.8 Å². The summed E-state index contributed by atoms with van der Waals surface area (Å²) in [5.41, 5.74) is 5.78. The Morgan fingerprint density at radius 1 is 1.00 bits per heavy atom. The second-order valence-corrected chi connectivity index (χ2v) is 7.59. The highest BCUT2D eigenvalue weighted by Gasteiger charge is 2.28. The third-order valence-electron chi connectivity index (χ3n) is 5.00. The number of nitrogens with one attached hydrogen (secondary N) is 1. The molecule has 0 saturated carbocycles. The fraction of sp³-hybridized carbons (Fsp3) is 0.333. The van der Waals surface area contributed by atoms with E-state index in [9.17, 15) is 5.11 Å². The Morgan fingerprint density at radius 3 is 2.50 bits per heavy atom. The van der Waals surface area contributed by atoms with Gasteiger partial charge in [0.25, 0.3) is 0 Å². The van der Waals surface area contributed by atoms with Gasteiger partial charge < -0.3 is 10.4 Å². The highest BCUT2D eigenvalue weighted by Crippen LogP contribution is 2.48. The Kier molecular flexibility index (Phi) is 4.74. The van der Waals surface area contributed by atoms with Crippen molar-refractivity contribution < 1.29 is 5.11 Å². The number of benzene rings is 2. The third kappa shape index (κ3) is 2.92. The molecule has 124 valence electrons. The molecule has 0 aliphatic carbocycles. The van der Waals surface area contributed by atoms with E-state index < -0.39 is 0 Å². The van der Waals surface area contributed by atoms with Gasteiger partial charge in [0, 0.05) is 22.9 Å². The van der Waals surface area contributed by atoms with Crippen molar-refractivity contribution in [2.45, 2.75) is 29.1 Å². The average molecular weight is 337 g/mol. The summed E-state index contributed by atoms with van der Waals surface area (Å²) < 4.78 is 0. The Balaban J connectivity index is 1.94. The highest BCUT2D eigenvalue weighted by atomic mass is 32.2. The molecule has 2 aliphatic heterocycles. The number of fused-ring (bicyclic) bond motifs is 4. The molecule has 2 heterocycles. The van der Waals surface area contributed by atoms with E-state index in [-0.39, 0.29) is 6.61 Å². The van der Waals surface area contributed by atoms with Gasteiger partial charge in [-0.05, 0) is 66.1 Å². The lowest BCUT2D eigenvalue weighted by molar-refractivity contribution is 0.277. The van der Waals surface area contributed by atoms with E-state index in [2.05, 4.69) is 53.8 Å². The molecule has 0 saturated heterocycles. The van der Waals surface area contributed by atoms with E-state index in [1.54, 1.807) is 0 Å². The van der Waals surface area contributed by atoms with Crippen molar-refractivity contribution in [1.82, 2.24) is 5.32 Å². The van der Waals surface area contributed by atoms with Gasteiger partial charge in [0.2, 0.25) is 0 Å². The van der Waals surface area contributed by atoms with Crippen molar-refractivity contribution in [2.24, 2.45) is 5.92 Å². The summed E-state index contributed by atoms with van der Waals surface area (Å²) in [4.78, 5) is 2.71. The first kappa shape index (κ1) is 15.9. The zero-order chi connectivity index (χ0) is 16.4. The maximum atomic E-state index is 9.33. The summed E-state index contributed by atoms with van der Waals surface area (Å²) in [6, 6.07) is 17.6. The zero-order valence-corrected chi connectivity index (χ0v) is 14.6. The number of aliphatic hydroxyl groups excluding tert-OH is 1. The van der Waals surface area contributed by atoms with Crippen molar-refractivity contribution in [3.05, 3.63) is 59.7 Å². The summed E-state index contributed by atoms with van der Waals surface area (Å²) in [5, 5.41) is 12.9. The molecule has 24 heavy (non-hydrogen) atoms. The first-order valence-electron chi connectivity index (χ1n) is 8.80. The van der Waals surface area contributed by atoms with E-state index in [0.717, 1.165) is 32.4 Å². The van der Waals surface area contributed by atoms with Crippen LogP contribution in [0.3, 0.4) is 0 Å². The number of aliphatic hydroxyl groups is 1. The Bertz CT molecular complexity index is 768. The summed E-state index contributed by atoms with van der Waals surface area (Å²) in [6.07, 6.45) is 2.96. The van der Waals surface area contributed by atoms with Crippen LogP contribution in [0.25, 0.3) is 11.1 Å². The average Bonchev–Trinajstić information content (AvgIpc) is 2.90. The lowest BCUT2D eigenvalue weighted by Gasteiger charge is -2.22. The topological polar surface area (TPSA) is 32.3 Å². The van der Waals surface area contributed by atoms with Crippen molar-refractivity contribution >= 4 is 22.9 Å². The van der Waals surface area contributed by atoms with Gasteiger partial charge in [-0.1, -0.05) is 48.2 Å². The second kappa shape index (κ2) is 7.14. The minimum absolute atomic E-state index is 0.270. The standard InChI is InChI=1S/C21H23NOS/c23-13-5-6-15-14-22-12-11-17-16-7-1-3-9-19(16)24-20-10-4-2-8-18(20)21(15)17/h1-4,7-10,15,22-23H,5-6,11-14H2. The minimum atomic E-state index is 0.270. The number of rotatable bonds is 3. The summed E-state index contributed by atoms with van der Waals surface area (Å²) in [5.74, 6) is 0.461. The maximum absolute atomic E-state index is 9.33. The van der Waals surface area contributed by atoms with Crippen molar-refractivity contribution in [2.75, 3.05) is 19.7 Å². The normalized spacial score (nSPS) is 19.8. The quantitative estimate of drug-likeness (QED) is 0.868. The van der Waals surface area contributed by atoms with Crippen LogP contribution >= 0.6 is 11.8 Å². The molecule has 1 atom stereocenters. The molecular weight excluding hydrogens is 314 g/mol. The van der Waals surface area contributed by atoms with Crippen LogP contribution in [0.1, 0.15) is 30.4 Å².